The van der Waals surface area contributed by atoms with E-state index in [0.29, 0.717) is 25.3 Å². The van der Waals surface area contributed by atoms with Gasteiger partial charge in [-0.3, -0.25) is 9.69 Å². The lowest BCUT2D eigenvalue weighted by atomic mass is 9.95. The largest absolute Gasteiger partial charge is 0.385 e. The van der Waals surface area contributed by atoms with Gasteiger partial charge in [0.1, 0.15) is 11.7 Å². The van der Waals surface area contributed by atoms with Gasteiger partial charge < -0.3 is 4.74 Å². The number of hydrogen-bond acceptors (Lipinski definition) is 3. The molecule has 1 aliphatic carbocycles. The van der Waals surface area contributed by atoms with Gasteiger partial charge in [0.25, 0.3) is 0 Å². The van der Waals surface area contributed by atoms with E-state index < -0.39 is 11.7 Å². The molecule has 0 radical (unpaired) electrons. The molecule has 0 saturated carbocycles. The van der Waals surface area contributed by atoms with Crippen molar-refractivity contribution in [2.24, 2.45) is 10.9 Å². The molecule has 2 rings (SSSR count). The molecule has 0 spiro atoms. The second-order valence-electron chi connectivity index (χ2n) is 4.02. The van der Waals surface area contributed by atoms with Crippen LogP contribution in [0.4, 0.5) is 4.39 Å². The first-order chi connectivity index (χ1) is 8.63. The van der Waals surface area contributed by atoms with Crippen molar-refractivity contribution in [3.8, 4) is 0 Å². The van der Waals surface area contributed by atoms with Crippen molar-refractivity contribution in [2.75, 3.05) is 20.3 Å². The third-order valence-electron chi connectivity index (χ3n) is 2.78. The van der Waals surface area contributed by atoms with E-state index in [1.165, 1.54) is 23.1 Å². The molecule has 0 N–H and O–H groups in total. The van der Waals surface area contributed by atoms with Crippen LogP contribution in [0.25, 0.3) is 0 Å². The number of amides is 1. The minimum absolute atomic E-state index is 0.222. The molecule has 1 aliphatic heterocycles. The molecule has 0 aromatic carbocycles. The fourth-order valence-electron chi connectivity index (χ4n) is 1.88. The third kappa shape index (κ3) is 2.54. The number of ether oxygens (including phenoxy) is 1. The number of halogens is 1. The summed E-state index contributed by atoms with van der Waals surface area (Å²) < 4.78 is 18.1. The Labute approximate surface area is 110 Å². The highest BCUT2D eigenvalue weighted by Gasteiger charge is 2.34. The van der Waals surface area contributed by atoms with Gasteiger partial charge in [0.05, 0.1) is 5.71 Å². The van der Waals surface area contributed by atoms with E-state index in [2.05, 4.69) is 4.99 Å². The fourth-order valence-corrected chi connectivity index (χ4v) is 2.17. The summed E-state index contributed by atoms with van der Waals surface area (Å²) in [6, 6.07) is 0. The summed E-state index contributed by atoms with van der Waals surface area (Å²) in [5.74, 6) is -1.29. The van der Waals surface area contributed by atoms with Crippen LogP contribution < -0.4 is 0 Å². The highest BCUT2D eigenvalue weighted by atomic mass is 32.1. The molecule has 1 heterocycles. The van der Waals surface area contributed by atoms with Gasteiger partial charge in [-0.15, -0.1) is 0 Å². The summed E-state index contributed by atoms with van der Waals surface area (Å²) >= 11 is 5.08. The summed E-state index contributed by atoms with van der Waals surface area (Å²) in [6.07, 6.45) is 4.72. The number of carbonyl (C=O) groups excluding carboxylic acids is 1. The number of methoxy groups -OCH3 is 1. The zero-order chi connectivity index (χ0) is 13.1. The smallest absolute Gasteiger partial charge is 0.241 e. The number of aliphatic imine (C=N–C) groups is 1. The van der Waals surface area contributed by atoms with Crippen LogP contribution >= 0.6 is 12.2 Å². The number of nitrogens with zero attached hydrogens (tertiary/aromatic N) is 2. The summed E-state index contributed by atoms with van der Waals surface area (Å²) in [5, 5.41) is 0.239. The first-order valence-corrected chi connectivity index (χ1v) is 6.02. The number of allylic oxidation sites excluding steroid dienone is 3. The molecule has 1 amide bonds. The van der Waals surface area contributed by atoms with E-state index >= 15 is 0 Å². The highest BCUT2D eigenvalue weighted by molar-refractivity contribution is 7.80. The van der Waals surface area contributed by atoms with Crippen molar-refractivity contribution in [1.82, 2.24) is 4.90 Å². The van der Waals surface area contributed by atoms with Crippen LogP contribution in [-0.2, 0) is 9.53 Å². The van der Waals surface area contributed by atoms with Crippen LogP contribution in [0.1, 0.15) is 6.42 Å². The first kappa shape index (κ1) is 13.0. The Morgan fingerprint density at radius 1 is 1.56 bits per heavy atom. The van der Waals surface area contributed by atoms with E-state index in [4.69, 9.17) is 17.0 Å². The maximum Gasteiger partial charge on any atom is 0.241 e. The highest BCUT2D eigenvalue weighted by Crippen LogP contribution is 2.23. The van der Waals surface area contributed by atoms with Crippen molar-refractivity contribution in [2.45, 2.75) is 6.42 Å². The third-order valence-corrected chi connectivity index (χ3v) is 3.09. The lowest BCUT2D eigenvalue weighted by molar-refractivity contribution is -0.128. The average Bonchev–Trinajstić information content (AvgIpc) is 2.35. The van der Waals surface area contributed by atoms with Crippen molar-refractivity contribution in [1.29, 1.82) is 0 Å². The molecule has 2 aliphatic rings. The van der Waals surface area contributed by atoms with Gasteiger partial charge in [0.2, 0.25) is 11.0 Å². The molecular formula is C12H13FN2O2S. The van der Waals surface area contributed by atoms with Gasteiger partial charge in [-0.25, -0.2) is 9.38 Å². The van der Waals surface area contributed by atoms with Gasteiger partial charge in [-0.05, 0) is 36.9 Å². The molecule has 4 nitrogen and oxygen atoms in total. The topological polar surface area (TPSA) is 41.9 Å². The Hall–Kier alpha value is -1.40. The zero-order valence-electron chi connectivity index (χ0n) is 9.93. The van der Waals surface area contributed by atoms with E-state index in [1.807, 2.05) is 0 Å². The Morgan fingerprint density at radius 2 is 2.33 bits per heavy atom. The zero-order valence-corrected chi connectivity index (χ0v) is 10.7. The molecule has 18 heavy (non-hydrogen) atoms. The molecule has 0 bridgehead atoms. The number of fused-ring (bicyclic) bond motifs is 1. The molecule has 6 heteroatoms. The predicted octanol–water partition coefficient (Wildman–Crippen LogP) is 1.63. The van der Waals surface area contributed by atoms with Gasteiger partial charge in [-0.2, -0.15) is 0 Å². The average molecular weight is 268 g/mol. The van der Waals surface area contributed by atoms with Gasteiger partial charge in [0, 0.05) is 20.3 Å². The number of rotatable bonds is 4. The molecule has 0 fully saturated rings. The van der Waals surface area contributed by atoms with Crippen molar-refractivity contribution in [3.05, 3.63) is 24.1 Å². The maximum atomic E-state index is 13.2. The Balaban J connectivity index is 2.16. The van der Waals surface area contributed by atoms with Gasteiger partial charge in [0.15, 0.2) is 0 Å². The summed E-state index contributed by atoms with van der Waals surface area (Å²) in [6.45, 7) is 0.982. The van der Waals surface area contributed by atoms with Gasteiger partial charge >= 0.3 is 0 Å². The Morgan fingerprint density at radius 3 is 3.06 bits per heavy atom. The lowest BCUT2D eigenvalue weighted by Crippen LogP contribution is -2.46. The van der Waals surface area contributed by atoms with E-state index in [-0.39, 0.29) is 11.0 Å². The number of carbonyl (C=O) groups is 1. The van der Waals surface area contributed by atoms with Crippen molar-refractivity contribution in [3.63, 3.8) is 0 Å². The van der Waals surface area contributed by atoms with Crippen LogP contribution in [-0.4, -0.2) is 41.9 Å². The number of hydrogen-bond donors (Lipinski definition) is 0. The standard InChI is InChI=1S/C12H13FN2O2S/c1-17-6-2-5-15-11(16)9-7-8(13)3-4-10(9)14-12(15)18/h3-4,7,9H,2,5-6H2,1H3. The van der Waals surface area contributed by atoms with Crippen LogP contribution in [0.2, 0.25) is 0 Å². The lowest BCUT2D eigenvalue weighted by Gasteiger charge is -2.30. The van der Waals surface area contributed by atoms with Crippen molar-refractivity contribution >= 4 is 28.9 Å². The first-order valence-electron chi connectivity index (χ1n) is 5.61. The summed E-state index contributed by atoms with van der Waals surface area (Å²) in [5.41, 5.74) is 0.509. The maximum absolute atomic E-state index is 13.2. The quantitative estimate of drug-likeness (QED) is 0.575. The predicted molar refractivity (Wildman–Crippen MR) is 70.1 cm³/mol. The van der Waals surface area contributed by atoms with Crippen molar-refractivity contribution < 1.29 is 13.9 Å². The van der Waals surface area contributed by atoms with Gasteiger partial charge in [-0.1, -0.05) is 0 Å². The van der Waals surface area contributed by atoms with E-state index in [1.54, 1.807) is 7.11 Å². The molecule has 1 unspecified atom stereocenters. The molecule has 96 valence electrons. The second-order valence-corrected chi connectivity index (χ2v) is 4.38. The Kier molecular flexibility index (Phi) is 3.98. The molecule has 0 saturated heterocycles. The fraction of sp³-hybridized carbons (Fsp3) is 0.417. The molecular weight excluding hydrogens is 255 g/mol. The minimum atomic E-state index is -0.649. The normalized spacial score (nSPS) is 22.8. The van der Waals surface area contributed by atoms with E-state index in [0.717, 1.165) is 0 Å². The van der Waals surface area contributed by atoms with Crippen LogP contribution in [0.5, 0.6) is 0 Å². The second kappa shape index (κ2) is 5.49. The summed E-state index contributed by atoms with van der Waals surface area (Å²) in [4.78, 5) is 17.8. The van der Waals surface area contributed by atoms with Crippen LogP contribution in [0, 0.1) is 5.92 Å². The summed E-state index contributed by atoms with van der Waals surface area (Å²) in [7, 11) is 1.59. The monoisotopic (exact) mass is 268 g/mol. The van der Waals surface area contributed by atoms with Crippen LogP contribution in [0.3, 0.4) is 0 Å². The van der Waals surface area contributed by atoms with Crippen LogP contribution in [0.15, 0.2) is 29.0 Å². The molecule has 0 aromatic rings. The minimum Gasteiger partial charge on any atom is -0.385 e. The number of thiocarbonyl (C=S) groups is 1. The molecule has 1 atom stereocenters. The molecule has 0 aromatic heterocycles. The van der Waals surface area contributed by atoms with E-state index in [9.17, 15) is 9.18 Å². The Bertz CT molecular complexity index is 471. The SMILES string of the molecule is COCCCN1C(=O)C2C=C(F)C=CC2=NC1=S.